The standard InChI is InChI=1S/2C21H18FN5O/c2*1-10-2-18-19(26-9-25-18)7-13(10)11-3-12-5-20(24-8-15(12)17(23)4-11)27-21(28)14-6-16(14)22/h2*2-5,7-9,14,16H,6,23H2,1H3,(H,25,26)(H,24,27,28)/t2*14-,16+/m10/s1. The highest BCUT2D eigenvalue weighted by Gasteiger charge is 2.44. The van der Waals surface area contributed by atoms with Gasteiger partial charge >= 0.3 is 0 Å². The van der Waals surface area contributed by atoms with Gasteiger partial charge < -0.3 is 32.1 Å². The Morgan fingerprint density at radius 2 is 1.04 bits per heavy atom. The van der Waals surface area contributed by atoms with Crippen LogP contribution in [0.2, 0.25) is 0 Å². The van der Waals surface area contributed by atoms with Crippen LogP contribution in [0.5, 0.6) is 0 Å². The molecule has 2 aliphatic rings. The summed E-state index contributed by atoms with van der Waals surface area (Å²) in [6, 6.07) is 19.6. The molecule has 8 N–H and O–H groups in total. The van der Waals surface area contributed by atoms with Crippen molar-refractivity contribution in [2.45, 2.75) is 39.0 Å². The Kier molecular flexibility index (Phi) is 8.33. The first kappa shape index (κ1) is 34.8. The maximum atomic E-state index is 13.1. The Labute approximate surface area is 318 Å². The first-order valence-electron chi connectivity index (χ1n) is 18.2. The van der Waals surface area contributed by atoms with Gasteiger partial charge in [0, 0.05) is 34.5 Å². The summed E-state index contributed by atoms with van der Waals surface area (Å²) in [5.74, 6) is -0.985. The number of hydrogen-bond donors (Lipinski definition) is 6. The van der Waals surface area contributed by atoms with Gasteiger partial charge in [-0.25, -0.2) is 28.7 Å². The van der Waals surface area contributed by atoms with Crippen molar-refractivity contribution in [1.29, 1.82) is 0 Å². The first-order valence-corrected chi connectivity index (χ1v) is 18.2. The van der Waals surface area contributed by atoms with Crippen LogP contribution >= 0.6 is 0 Å². The number of anilines is 4. The van der Waals surface area contributed by atoms with Gasteiger partial charge in [-0.3, -0.25) is 9.59 Å². The number of nitrogens with zero attached hydrogens (tertiary/aromatic N) is 4. The Morgan fingerprint density at radius 3 is 1.43 bits per heavy atom. The number of pyridine rings is 2. The summed E-state index contributed by atoms with van der Waals surface area (Å²) >= 11 is 0. The van der Waals surface area contributed by atoms with Crippen molar-refractivity contribution in [1.82, 2.24) is 29.9 Å². The third-order valence-corrected chi connectivity index (χ3v) is 10.5. The van der Waals surface area contributed by atoms with Gasteiger partial charge in [0.25, 0.3) is 0 Å². The normalized spacial score (nSPS) is 18.5. The minimum absolute atomic E-state index is 0.283. The van der Waals surface area contributed by atoms with Crippen LogP contribution in [0, 0.1) is 25.7 Å². The second-order valence-corrected chi connectivity index (χ2v) is 14.6. The number of carbonyl (C=O) groups is 2. The van der Waals surface area contributed by atoms with E-state index < -0.39 is 24.2 Å². The zero-order valence-corrected chi connectivity index (χ0v) is 30.3. The van der Waals surface area contributed by atoms with Crippen LogP contribution in [0.15, 0.2) is 85.7 Å². The number of amides is 2. The number of fused-ring (bicyclic) bond motifs is 4. The van der Waals surface area contributed by atoms with Crippen molar-refractivity contribution >= 4 is 78.4 Å². The summed E-state index contributed by atoms with van der Waals surface area (Å²) in [7, 11) is 0. The van der Waals surface area contributed by atoms with E-state index in [9.17, 15) is 18.4 Å². The molecule has 2 aliphatic carbocycles. The van der Waals surface area contributed by atoms with E-state index in [0.29, 0.717) is 23.0 Å². The van der Waals surface area contributed by atoms with Gasteiger partial charge in [-0.2, -0.15) is 0 Å². The Bertz CT molecular complexity index is 2690. The molecule has 56 heavy (non-hydrogen) atoms. The maximum absolute atomic E-state index is 13.1. The lowest BCUT2D eigenvalue weighted by atomic mass is 9.96. The summed E-state index contributed by atoms with van der Waals surface area (Å²) < 4.78 is 26.2. The van der Waals surface area contributed by atoms with Crippen molar-refractivity contribution in [3.63, 3.8) is 0 Å². The summed E-state index contributed by atoms with van der Waals surface area (Å²) in [5.41, 5.74) is 23.7. The van der Waals surface area contributed by atoms with E-state index in [1.807, 2.05) is 50.2 Å². The average Bonchev–Trinajstić information content (AvgIpc) is 3.96. The Hall–Kier alpha value is -6.96. The fraction of sp³-hybridized carbons (Fsp3) is 0.190. The average molecular weight is 751 g/mol. The van der Waals surface area contributed by atoms with E-state index in [0.717, 1.165) is 77.0 Å². The number of hydrogen-bond acceptors (Lipinski definition) is 8. The molecule has 2 saturated carbocycles. The predicted octanol–water partition coefficient (Wildman–Crippen LogP) is 7.93. The molecule has 2 fully saturated rings. The summed E-state index contributed by atoms with van der Waals surface area (Å²) in [5, 5.41) is 8.70. The Morgan fingerprint density at radius 1 is 0.625 bits per heavy atom. The van der Waals surface area contributed by atoms with E-state index in [-0.39, 0.29) is 24.7 Å². The van der Waals surface area contributed by atoms with Gasteiger partial charge in [0.15, 0.2) is 0 Å². The predicted molar refractivity (Wildman–Crippen MR) is 215 cm³/mol. The highest BCUT2D eigenvalue weighted by Crippen LogP contribution is 2.38. The van der Waals surface area contributed by atoms with Crippen LogP contribution in [0.3, 0.4) is 0 Å². The number of halogens is 2. The molecular weight excluding hydrogens is 715 g/mol. The molecule has 0 saturated heterocycles. The van der Waals surface area contributed by atoms with Gasteiger partial charge in [-0.05, 0) is 132 Å². The quantitative estimate of drug-likeness (QED) is 0.0923. The van der Waals surface area contributed by atoms with Gasteiger partial charge in [-0.1, -0.05) is 0 Å². The number of aryl methyl sites for hydroxylation is 2. The van der Waals surface area contributed by atoms with Gasteiger partial charge in [0.1, 0.15) is 24.0 Å². The second-order valence-electron chi connectivity index (χ2n) is 14.6. The molecule has 12 nitrogen and oxygen atoms in total. The number of benzene rings is 4. The number of nitrogen functional groups attached to an aromatic ring is 2. The zero-order chi connectivity index (χ0) is 38.8. The van der Waals surface area contributed by atoms with E-state index in [1.54, 1.807) is 37.2 Å². The number of carbonyl (C=O) groups excluding carboxylic acids is 2. The number of aromatic amines is 2. The van der Waals surface area contributed by atoms with Crippen molar-refractivity contribution in [3.05, 3.63) is 96.8 Å². The first-order chi connectivity index (χ1) is 27.0. The van der Waals surface area contributed by atoms with Gasteiger partial charge in [0.05, 0.1) is 46.6 Å². The molecule has 4 heterocycles. The number of nitrogens with two attached hydrogens (primary N) is 2. The molecule has 10 rings (SSSR count). The third kappa shape index (κ3) is 6.59. The van der Waals surface area contributed by atoms with Crippen LogP contribution in [0.25, 0.3) is 65.9 Å². The van der Waals surface area contributed by atoms with E-state index >= 15 is 0 Å². The Balaban J connectivity index is 0.000000146. The number of alkyl halides is 2. The molecule has 0 radical (unpaired) electrons. The summed E-state index contributed by atoms with van der Waals surface area (Å²) in [4.78, 5) is 47.4. The van der Waals surface area contributed by atoms with Crippen LogP contribution in [0.1, 0.15) is 24.0 Å². The lowest BCUT2D eigenvalue weighted by Crippen LogP contribution is -2.15. The lowest BCUT2D eigenvalue weighted by molar-refractivity contribution is -0.118. The molecular formula is C42H36F2N10O2. The van der Waals surface area contributed by atoms with Crippen LogP contribution < -0.4 is 22.1 Å². The molecule has 14 heteroatoms. The molecule has 0 unspecified atom stereocenters. The van der Waals surface area contributed by atoms with Gasteiger partial charge in [0.2, 0.25) is 11.8 Å². The third-order valence-electron chi connectivity index (χ3n) is 10.5. The number of rotatable bonds is 6. The molecule has 8 aromatic rings. The SMILES string of the molecule is Cc1cc2[nH]cnc2cc1-c1cc(N)c2cnc(NC(=O)[C@@H]3C[C@@H]3F)cc2c1.Cc1cc2[nH]cnc2cc1-c1cc(N)c2cnc(NC(=O)[C@H]3C[C@H]3F)cc2c1. The maximum Gasteiger partial charge on any atom is 0.231 e. The zero-order valence-electron chi connectivity index (χ0n) is 30.3. The topological polar surface area (TPSA) is 193 Å². The van der Waals surface area contributed by atoms with Crippen molar-refractivity contribution < 1.29 is 18.4 Å². The lowest BCUT2D eigenvalue weighted by Gasteiger charge is -2.11. The van der Waals surface area contributed by atoms with Crippen molar-refractivity contribution in [2.75, 3.05) is 22.1 Å². The number of aromatic nitrogens is 6. The van der Waals surface area contributed by atoms with Crippen molar-refractivity contribution in [3.8, 4) is 22.3 Å². The number of H-pyrrole nitrogens is 2. The van der Waals surface area contributed by atoms with Gasteiger partial charge in [-0.15, -0.1) is 0 Å². The highest BCUT2D eigenvalue weighted by molar-refractivity contribution is 6.02. The number of nitrogens with one attached hydrogen (secondary N) is 4. The van der Waals surface area contributed by atoms with Crippen LogP contribution in [-0.2, 0) is 9.59 Å². The molecule has 4 atom stereocenters. The molecule has 4 aromatic carbocycles. The van der Waals surface area contributed by atoms with Crippen LogP contribution in [-0.4, -0.2) is 54.1 Å². The van der Waals surface area contributed by atoms with Crippen molar-refractivity contribution in [2.24, 2.45) is 11.8 Å². The summed E-state index contributed by atoms with van der Waals surface area (Å²) in [6.07, 6.45) is 5.10. The minimum atomic E-state index is -1.04. The number of imidazole rings is 2. The molecule has 0 aliphatic heterocycles. The largest absolute Gasteiger partial charge is 0.398 e. The highest BCUT2D eigenvalue weighted by atomic mass is 19.1. The van der Waals surface area contributed by atoms with E-state index in [1.165, 1.54) is 0 Å². The summed E-state index contributed by atoms with van der Waals surface area (Å²) in [6.45, 7) is 4.08. The fourth-order valence-electron chi connectivity index (χ4n) is 7.13. The molecule has 2 amide bonds. The molecule has 0 bridgehead atoms. The fourth-order valence-corrected chi connectivity index (χ4v) is 7.13. The monoisotopic (exact) mass is 750 g/mol. The van der Waals surface area contributed by atoms with E-state index in [2.05, 4.69) is 52.7 Å². The minimum Gasteiger partial charge on any atom is -0.398 e. The molecule has 280 valence electrons. The molecule has 4 aromatic heterocycles. The van der Waals surface area contributed by atoms with Crippen LogP contribution in [0.4, 0.5) is 31.8 Å². The second kappa shape index (κ2) is 13.4. The molecule has 0 spiro atoms. The van der Waals surface area contributed by atoms with E-state index in [4.69, 9.17) is 11.5 Å². The smallest absolute Gasteiger partial charge is 0.231 e.